The Bertz CT molecular complexity index is 1100. The summed E-state index contributed by atoms with van der Waals surface area (Å²) in [5, 5.41) is 6.88. The van der Waals surface area contributed by atoms with Crippen molar-refractivity contribution < 1.29 is 28.2 Å². The van der Waals surface area contributed by atoms with Crippen LogP contribution in [0.15, 0.2) is 48.7 Å². The van der Waals surface area contributed by atoms with Crippen LogP contribution in [-0.4, -0.2) is 48.6 Å². The number of esters is 1. The van der Waals surface area contributed by atoms with E-state index >= 15 is 0 Å². The van der Waals surface area contributed by atoms with Crippen molar-refractivity contribution in [3.8, 4) is 11.4 Å². The van der Waals surface area contributed by atoms with E-state index in [-0.39, 0.29) is 19.0 Å². The topological polar surface area (TPSA) is 91.7 Å². The van der Waals surface area contributed by atoms with Gasteiger partial charge in [0.05, 0.1) is 30.8 Å². The van der Waals surface area contributed by atoms with Gasteiger partial charge >= 0.3 is 5.97 Å². The molecule has 0 saturated heterocycles. The lowest BCUT2D eigenvalue weighted by molar-refractivity contribution is 0.0525. The Morgan fingerprint density at radius 1 is 1.12 bits per heavy atom. The van der Waals surface area contributed by atoms with Gasteiger partial charge in [-0.15, -0.1) is 0 Å². The largest absolute Gasteiger partial charge is 0.488 e. The minimum atomic E-state index is -0.583. The number of carbonyl (C=O) groups is 2. The number of benzene rings is 2. The van der Waals surface area contributed by atoms with Crippen molar-refractivity contribution in [3.63, 3.8) is 0 Å². The Balaban J connectivity index is 1.68. The zero-order chi connectivity index (χ0) is 23.1. The summed E-state index contributed by atoms with van der Waals surface area (Å²) in [6, 6.07) is 10.8. The second kappa shape index (κ2) is 10.5. The standard InChI is InChI=1S/C23H24FN3O5/c1-4-31-23(29)19-14-25-27(15(19)2)18-8-5-16(6-9-18)22(28)26-17-7-10-21(20(24)13-17)32-12-11-30-3/h5-10,13-14H,4,11-12H2,1-3H3,(H,26,28). The molecule has 0 spiro atoms. The molecule has 0 atom stereocenters. The van der Waals surface area contributed by atoms with Crippen LogP contribution in [0.4, 0.5) is 10.1 Å². The van der Waals surface area contributed by atoms with Crippen LogP contribution in [0.5, 0.6) is 5.75 Å². The molecule has 3 rings (SSSR count). The van der Waals surface area contributed by atoms with E-state index in [0.717, 1.165) is 0 Å². The van der Waals surface area contributed by atoms with Gasteiger partial charge < -0.3 is 19.5 Å². The zero-order valence-corrected chi connectivity index (χ0v) is 18.1. The van der Waals surface area contributed by atoms with Gasteiger partial charge in [-0.25, -0.2) is 13.9 Å². The number of amides is 1. The highest BCUT2D eigenvalue weighted by molar-refractivity contribution is 6.04. The quantitative estimate of drug-likeness (QED) is 0.401. The van der Waals surface area contributed by atoms with E-state index in [9.17, 15) is 14.0 Å². The number of nitrogens with one attached hydrogen (secondary N) is 1. The van der Waals surface area contributed by atoms with Gasteiger partial charge in [0.25, 0.3) is 5.91 Å². The number of anilines is 1. The summed E-state index contributed by atoms with van der Waals surface area (Å²) < 4.78 is 30.9. The van der Waals surface area contributed by atoms with Crippen LogP contribution in [0.1, 0.15) is 33.3 Å². The fraction of sp³-hybridized carbons (Fsp3) is 0.261. The number of rotatable bonds is 9. The smallest absolute Gasteiger partial charge is 0.341 e. The zero-order valence-electron chi connectivity index (χ0n) is 18.1. The molecule has 2 aromatic carbocycles. The molecule has 168 valence electrons. The third kappa shape index (κ3) is 5.30. The third-order valence-corrected chi connectivity index (χ3v) is 4.61. The van der Waals surface area contributed by atoms with E-state index in [1.54, 1.807) is 48.9 Å². The fourth-order valence-electron chi connectivity index (χ4n) is 2.97. The average molecular weight is 441 g/mol. The van der Waals surface area contributed by atoms with Crippen molar-refractivity contribution >= 4 is 17.6 Å². The molecule has 0 saturated carbocycles. The minimum Gasteiger partial charge on any atom is -0.488 e. The molecule has 0 bridgehead atoms. The molecule has 0 aliphatic rings. The van der Waals surface area contributed by atoms with Crippen LogP contribution in [0.25, 0.3) is 5.69 Å². The maximum absolute atomic E-state index is 14.2. The summed E-state index contributed by atoms with van der Waals surface area (Å²) in [5.74, 6) is -1.33. The van der Waals surface area contributed by atoms with E-state index < -0.39 is 17.7 Å². The highest BCUT2D eigenvalue weighted by Gasteiger charge is 2.16. The average Bonchev–Trinajstić information content (AvgIpc) is 3.17. The number of hydrogen-bond acceptors (Lipinski definition) is 6. The van der Waals surface area contributed by atoms with Crippen molar-refractivity contribution in [2.75, 3.05) is 32.2 Å². The van der Waals surface area contributed by atoms with Crippen LogP contribution in [0, 0.1) is 12.7 Å². The molecule has 3 aromatic rings. The molecule has 32 heavy (non-hydrogen) atoms. The first-order valence-electron chi connectivity index (χ1n) is 9.99. The van der Waals surface area contributed by atoms with Gasteiger partial charge in [-0.05, 0) is 50.2 Å². The number of hydrogen-bond donors (Lipinski definition) is 1. The fourth-order valence-corrected chi connectivity index (χ4v) is 2.97. The molecule has 0 aliphatic heterocycles. The number of halogens is 1. The van der Waals surface area contributed by atoms with Gasteiger partial charge in [0.15, 0.2) is 11.6 Å². The highest BCUT2D eigenvalue weighted by atomic mass is 19.1. The lowest BCUT2D eigenvalue weighted by Crippen LogP contribution is -2.12. The van der Waals surface area contributed by atoms with Crippen molar-refractivity contribution in [1.29, 1.82) is 0 Å². The Labute approximate surface area is 184 Å². The van der Waals surface area contributed by atoms with Crippen molar-refractivity contribution in [1.82, 2.24) is 9.78 Å². The molecule has 8 nitrogen and oxygen atoms in total. The van der Waals surface area contributed by atoms with Gasteiger partial charge in [0.2, 0.25) is 0 Å². The maximum atomic E-state index is 14.2. The van der Waals surface area contributed by atoms with Gasteiger partial charge in [-0.2, -0.15) is 5.10 Å². The number of nitrogens with zero attached hydrogens (tertiary/aromatic N) is 2. The predicted octanol–water partition coefficient (Wildman–Crippen LogP) is 3.77. The van der Waals surface area contributed by atoms with E-state index in [1.807, 2.05) is 0 Å². The lowest BCUT2D eigenvalue weighted by Gasteiger charge is -2.10. The van der Waals surface area contributed by atoms with E-state index in [1.165, 1.54) is 25.4 Å². The molecule has 1 amide bonds. The number of carbonyl (C=O) groups excluding carboxylic acids is 2. The summed E-state index contributed by atoms with van der Waals surface area (Å²) in [6.45, 7) is 4.34. The molecular formula is C23H24FN3O5. The molecule has 0 radical (unpaired) electrons. The Morgan fingerprint density at radius 3 is 2.53 bits per heavy atom. The van der Waals surface area contributed by atoms with E-state index in [0.29, 0.717) is 34.8 Å². The summed E-state index contributed by atoms with van der Waals surface area (Å²) in [4.78, 5) is 24.5. The van der Waals surface area contributed by atoms with Crippen molar-refractivity contribution in [2.45, 2.75) is 13.8 Å². The van der Waals surface area contributed by atoms with Gasteiger partial charge in [-0.3, -0.25) is 4.79 Å². The molecular weight excluding hydrogens is 417 g/mol. The normalized spacial score (nSPS) is 10.6. The first-order valence-corrected chi connectivity index (χ1v) is 9.99. The van der Waals surface area contributed by atoms with Crippen molar-refractivity contribution in [2.24, 2.45) is 0 Å². The molecule has 0 unspecified atom stereocenters. The molecule has 0 fully saturated rings. The Kier molecular flexibility index (Phi) is 7.56. The van der Waals surface area contributed by atoms with Crippen molar-refractivity contribution in [3.05, 3.63) is 71.3 Å². The highest BCUT2D eigenvalue weighted by Crippen LogP contribution is 2.22. The van der Waals surface area contributed by atoms with Crippen LogP contribution in [0.2, 0.25) is 0 Å². The monoisotopic (exact) mass is 441 g/mol. The Morgan fingerprint density at radius 2 is 1.88 bits per heavy atom. The minimum absolute atomic E-state index is 0.0844. The third-order valence-electron chi connectivity index (χ3n) is 4.61. The molecule has 1 aromatic heterocycles. The summed E-state index contributed by atoms with van der Waals surface area (Å²) in [6.07, 6.45) is 1.45. The number of ether oxygens (including phenoxy) is 3. The molecule has 1 heterocycles. The van der Waals surface area contributed by atoms with Crippen LogP contribution < -0.4 is 10.1 Å². The van der Waals surface area contributed by atoms with E-state index in [2.05, 4.69) is 10.4 Å². The second-order valence-corrected chi connectivity index (χ2v) is 6.76. The number of methoxy groups -OCH3 is 1. The summed E-state index contributed by atoms with van der Waals surface area (Å²) >= 11 is 0. The first kappa shape index (κ1) is 23.0. The second-order valence-electron chi connectivity index (χ2n) is 6.76. The SMILES string of the molecule is CCOC(=O)c1cnn(-c2ccc(C(=O)Nc3ccc(OCCOC)c(F)c3)cc2)c1C. The van der Waals surface area contributed by atoms with Gasteiger partial charge in [0.1, 0.15) is 12.2 Å². The summed E-state index contributed by atoms with van der Waals surface area (Å²) in [7, 11) is 1.53. The van der Waals surface area contributed by atoms with Crippen LogP contribution in [-0.2, 0) is 9.47 Å². The summed E-state index contributed by atoms with van der Waals surface area (Å²) in [5.41, 5.74) is 2.37. The first-order chi connectivity index (χ1) is 15.4. The van der Waals surface area contributed by atoms with Gasteiger partial charge in [0, 0.05) is 24.4 Å². The van der Waals surface area contributed by atoms with Crippen LogP contribution >= 0.6 is 0 Å². The maximum Gasteiger partial charge on any atom is 0.341 e. The molecule has 9 heteroatoms. The van der Waals surface area contributed by atoms with Gasteiger partial charge in [-0.1, -0.05) is 0 Å². The molecule has 1 N–H and O–H groups in total. The lowest BCUT2D eigenvalue weighted by atomic mass is 10.1. The Hall–Kier alpha value is -3.72. The molecule has 0 aliphatic carbocycles. The predicted molar refractivity (Wildman–Crippen MR) is 116 cm³/mol. The number of aromatic nitrogens is 2. The van der Waals surface area contributed by atoms with Crippen LogP contribution in [0.3, 0.4) is 0 Å². The van der Waals surface area contributed by atoms with E-state index in [4.69, 9.17) is 14.2 Å².